The van der Waals surface area contributed by atoms with Crippen LogP contribution < -0.4 is 0 Å². The molecule has 0 heterocycles. The summed E-state index contributed by atoms with van der Waals surface area (Å²) < 4.78 is 24.9. The normalized spacial score (nSPS) is 14.2. The van der Waals surface area contributed by atoms with Crippen molar-refractivity contribution in [2.24, 2.45) is 27.1 Å². The zero-order valence-electron chi connectivity index (χ0n) is 24.6. The van der Waals surface area contributed by atoms with E-state index in [2.05, 4.69) is 83.1 Å². The first-order valence-electron chi connectivity index (χ1n) is 13.1. The molecule has 0 aliphatic heterocycles. The molecule has 0 fully saturated rings. The van der Waals surface area contributed by atoms with Crippen LogP contribution in [0.1, 0.15) is 109 Å². The summed E-state index contributed by atoms with van der Waals surface area (Å²) in [6, 6.07) is 0. The fourth-order valence-electron chi connectivity index (χ4n) is 2.92. The van der Waals surface area contributed by atoms with E-state index < -0.39 is 0 Å². The van der Waals surface area contributed by atoms with Crippen molar-refractivity contribution in [3.63, 3.8) is 0 Å². The summed E-state index contributed by atoms with van der Waals surface area (Å²) in [4.78, 5) is 0. The molecule has 4 nitrogen and oxygen atoms in total. The molecule has 0 aromatic carbocycles. The lowest BCUT2D eigenvalue weighted by Gasteiger charge is -2.34. The molecule has 0 atom stereocenters. The molecular weight excluding hydrogens is 412 g/mol. The van der Waals surface area contributed by atoms with Gasteiger partial charge in [0.05, 0.1) is 31.8 Å². The van der Waals surface area contributed by atoms with Gasteiger partial charge in [0.2, 0.25) is 0 Å². The third kappa shape index (κ3) is 22.1. The summed E-state index contributed by atoms with van der Waals surface area (Å²) in [6.07, 6.45) is 4.13. The van der Waals surface area contributed by atoms with E-state index in [0.717, 1.165) is 52.1 Å². The molecule has 0 amide bonds. The van der Waals surface area contributed by atoms with Gasteiger partial charge in [0.25, 0.3) is 0 Å². The van der Waals surface area contributed by atoms with Crippen molar-refractivity contribution in [3.05, 3.63) is 0 Å². The van der Waals surface area contributed by atoms with Crippen LogP contribution in [0.15, 0.2) is 0 Å². The van der Waals surface area contributed by atoms with Gasteiger partial charge in [0.1, 0.15) is 0 Å². The first kappa shape index (κ1) is 32.8. The molecule has 0 aromatic heterocycles. The summed E-state index contributed by atoms with van der Waals surface area (Å²) in [7, 11) is 0. The molecular formula is C29H60O4. The predicted octanol–water partition coefficient (Wildman–Crippen LogP) is 7.78. The molecule has 0 bridgehead atoms. The van der Waals surface area contributed by atoms with Gasteiger partial charge in [-0.15, -0.1) is 0 Å². The van der Waals surface area contributed by atoms with Crippen LogP contribution in [0.25, 0.3) is 0 Å². The van der Waals surface area contributed by atoms with Crippen molar-refractivity contribution < 1.29 is 18.9 Å². The monoisotopic (exact) mass is 472 g/mol. The molecule has 200 valence electrons. The number of ether oxygens (including phenoxy) is 4. The maximum absolute atomic E-state index is 6.23. The van der Waals surface area contributed by atoms with Crippen LogP contribution >= 0.6 is 0 Å². The van der Waals surface area contributed by atoms with E-state index in [1.807, 2.05) is 0 Å². The quantitative estimate of drug-likeness (QED) is 0.215. The van der Waals surface area contributed by atoms with Gasteiger partial charge in [-0.3, -0.25) is 0 Å². The fourth-order valence-corrected chi connectivity index (χ4v) is 2.92. The molecule has 0 unspecified atom stereocenters. The zero-order valence-corrected chi connectivity index (χ0v) is 24.6. The standard InChI is InChI=1S/C29H60O4/c1-25(2,3)13-17-30-21-29(22-31-18-14-26(4,5)6,23-32-19-15-27(7,8)9)24-33-20-16-28(10,11)12/h13-24H2,1-12H3. The van der Waals surface area contributed by atoms with E-state index in [-0.39, 0.29) is 27.1 Å². The van der Waals surface area contributed by atoms with Crippen LogP contribution in [0, 0.1) is 27.1 Å². The Labute approximate surface area is 207 Å². The van der Waals surface area contributed by atoms with Crippen LogP contribution in [0.4, 0.5) is 0 Å². The topological polar surface area (TPSA) is 36.9 Å². The lowest BCUT2D eigenvalue weighted by Crippen LogP contribution is -2.42. The van der Waals surface area contributed by atoms with Crippen molar-refractivity contribution in [2.45, 2.75) is 109 Å². The zero-order chi connectivity index (χ0) is 25.8. The minimum absolute atomic E-state index is 0.262. The van der Waals surface area contributed by atoms with E-state index in [1.165, 1.54) is 0 Å². The lowest BCUT2D eigenvalue weighted by atomic mass is 9.90. The molecule has 4 heteroatoms. The second-order valence-electron chi connectivity index (χ2n) is 15.0. The molecule has 33 heavy (non-hydrogen) atoms. The SMILES string of the molecule is CC(C)(C)CCOCC(COCCC(C)(C)C)(COCCC(C)(C)C)COCCC(C)(C)C. The van der Waals surface area contributed by atoms with E-state index in [1.54, 1.807) is 0 Å². The van der Waals surface area contributed by atoms with Gasteiger partial charge < -0.3 is 18.9 Å². The van der Waals surface area contributed by atoms with Gasteiger partial charge in [-0.25, -0.2) is 0 Å². The fraction of sp³-hybridized carbons (Fsp3) is 1.00. The maximum atomic E-state index is 6.23. The van der Waals surface area contributed by atoms with Crippen molar-refractivity contribution in [1.29, 1.82) is 0 Å². The number of rotatable bonds is 16. The van der Waals surface area contributed by atoms with Gasteiger partial charge in [-0.2, -0.15) is 0 Å². The first-order valence-corrected chi connectivity index (χ1v) is 13.1. The minimum atomic E-state index is -0.286. The molecule has 0 aliphatic rings. The van der Waals surface area contributed by atoms with Crippen molar-refractivity contribution in [2.75, 3.05) is 52.9 Å². The average molecular weight is 473 g/mol. The van der Waals surface area contributed by atoms with Gasteiger partial charge in [0.15, 0.2) is 0 Å². The summed E-state index contributed by atoms with van der Waals surface area (Å²) in [5.41, 5.74) is 0.763. The van der Waals surface area contributed by atoms with Crippen molar-refractivity contribution in [3.8, 4) is 0 Å². The minimum Gasteiger partial charge on any atom is -0.381 e. The third-order valence-electron chi connectivity index (χ3n) is 5.62. The smallest absolute Gasteiger partial charge is 0.0637 e. The Morgan fingerprint density at radius 2 is 0.515 bits per heavy atom. The largest absolute Gasteiger partial charge is 0.381 e. The van der Waals surface area contributed by atoms with Gasteiger partial charge in [0, 0.05) is 26.4 Å². The Kier molecular flexibility index (Phi) is 14.3. The Balaban J connectivity index is 5.17. The Hall–Kier alpha value is -0.160. The molecule has 0 spiro atoms. The Morgan fingerprint density at radius 3 is 0.667 bits per heavy atom. The van der Waals surface area contributed by atoms with Crippen molar-refractivity contribution >= 4 is 0 Å². The molecule has 0 saturated heterocycles. The molecule has 0 radical (unpaired) electrons. The highest BCUT2D eigenvalue weighted by Crippen LogP contribution is 2.26. The lowest BCUT2D eigenvalue weighted by molar-refractivity contribution is -0.112. The molecule has 0 aromatic rings. The summed E-state index contributed by atoms with van der Waals surface area (Å²) in [5.74, 6) is 0. The maximum Gasteiger partial charge on any atom is 0.0637 e. The predicted molar refractivity (Wildman–Crippen MR) is 142 cm³/mol. The second kappa shape index (κ2) is 14.4. The van der Waals surface area contributed by atoms with Gasteiger partial charge in [-0.1, -0.05) is 83.1 Å². The first-order chi connectivity index (χ1) is 14.8. The number of hydrogen-bond donors (Lipinski definition) is 0. The van der Waals surface area contributed by atoms with E-state index >= 15 is 0 Å². The highest BCUT2D eigenvalue weighted by Gasteiger charge is 2.33. The van der Waals surface area contributed by atoms with Crippen LogP contribution in [0.5, 0.6) is 0 Å². The Bertz CT molecular complexity index is 392. The molecule has 0 rings (SSSR count). The Morgan fingerprint density at radius 1 is 0.333 bits per heavy atom. The van der Waals surface area contributed by atoms with Gasteiger partial charge in [-0.05, 0) is 47.3 Å². The van der Waals surface area contributed by atoms with E-state index in [9.17, 15) is 0 Å². The van der Waals surface area contributed by atoms with Crippen LogP contribution in [-0.4, -0.2) is 52.9 Å². The van der Waals surface area contributed by atoms with Crippen LogP contribution in [0.3, 0.4) is 0 Å². The van der Waals surface area contributed by atoms with E-state index in [0.29, 0.717) is 26.4 Å². The highest BCUT2D eigenvalue weighted by molar-refractivity contribution is 4.80. The van der Waals surface area contributed by atoms with Crippen LogP contribution in [0.2, 0.25) is 0 Å². The molecule has 0 saturated carbocycles. The van der Waals surface area contributed by atoms with E-state index in [4.69, 9.17) is 18.9 Å². The third-order valence-corrected chi connectivity index (χ3v) is 5.62. The summed E-state index contributed by atoms with van der Waals surface area (Å²) in [5, 5.41) is 0. The number of hydrogen-bond acceptors (Lipinski definition) is 4. The summed E-state index contributed by atoms with van der Waals surface area (Å²) in [6.45, 7) is 32.4. The van der Waals surface area contributed by atoms with Gasteiger partial charge >= 0.3 is 0 Å². The summed E-state index contributed by atoms with van der Waals surface area (Å²) >= 11 is 0. The average Bonchev–Trinajstić information content (AvgIpc) is 2.60. The molecule has 0 aliphatic carbocycles. The van der Waals surface area contributed by atoms with Crippen LogP contribution in [-0.2, 0) is 18.9 Å². The second-order valence-corrected chi connectivity index (χ2v) is 15.0. The van der Waals surface area contributed by atoms with Crippen molar-refractivity contribution in [1.82, 2.24) is 0 Å². The molecule has 0 N–H and O–H groups in total. The highest BCUT2D eigenvalue weighted by atomic mass is 16.5.